The van der Waals surface area contributed by atoms with Gasteiger partial charge in [0, 0.05) is 25.2 Å². The Labute approximate surface area is 202 Å². The second-order valence-corrected chi connectivity index (χ2v) is 10.2. The van der Waals surface area contributed by atoms with E-state index in [1.165, 1.54) is 13.0 Å². The zero-order valence-corrected chi connectivity index (χ0v) is 19.9. The zero-order valence-electron chi connectivity index (χ0n) is 19.1. The first-order valence-corrected chi connectivity index (χ1v) is 12.8. The van der Waals surface area contributed by atoms with Crippen LogP contribution >= 0.6 is 0 Å². The monoisotopic (exact) mass is 499 g/mol. The number of rotatable bonds is 5. The molecule has 2 aromatic carbocycles. The summed E-state index contributed by atoms with van der Waals surface area (Å²) in [5, 5.41) is 2.76. The molecule has 3 heterocycles. The Kier molecular flexibility index (Phi) is 6.10. The van der Waals surface area contributed by atoms with Gasteiger partial charge in [0.1, 0.15) is 4.90 Å². The topological polar surface area (TPSA) is 124 Å². The smallest absolute Gasteiger partial charge is 0.311 e. The number of hydrogen-bond acceptors (Lipinski definition) is 8. The molecule has 10 nitrogen and oxygen atoms in total. The summed E-state index contributed by atoms with van der Waals surface area (Å²) in [6, 6.07) is 12.1. The van der Waals surface area contributed by atoms with Crippen molar-refractivity contribution in [3.63, 3.8) is 0 Å². The Morgan fingerprint density at radius 1 is 1.20 bits per heavy atom. The van der Waals surface area contributed by atoms with Crippen LogP contribution in [0.15, 0.2) is 51.8 Å². The number of fused-ring (bicyclic) bond motifs is 2. The molecule has 3 aliphatic heterocycles. The lowest BCUT2D eigenvalue weighted by Crippen LogP contribution is -2.44. The third-order valence-electron chi connectivity index (χ3n) is 6.23. The van der Waals surface area contributed by atoms with E-state index in [9.17, 15) is 18.0 Å². The minimum atomic E-state index is -3.74. The van der Waals surface area contributed by atoms with E-state index in [1.807, 2.05) is 11.0 Å². The summed E-state index contributed by atoms with van der Waals surface area (Å²) in [4.78, 5) is 27.3. The van der Waals surface area contributed by atoms with Gasteiger partial charge in [-0.2, -0.15) is 8.42 Å². The molecule has 1 fully saturated rings. The average Bonchev–Trinajstić information content (AvgIpc) is 3.44. The van der Waals surface area contributed by atoms with E-state index in [0.717, 1.165) is 5.56 Å². The van der Waals surface area contributed by atoms with Crippen molar-refractivity contribution >= 4 is 27.7 Å². The van der Waals surface area contributed by atoms with Gasteiger partial charge in [-0.25, -0.2) is 0 Å². The molecular formula is C24H25N3O7S. The van der Waals surface area contributed by atoms with Crippen molar-refractivity contribution in [2.45, 2.75) is 37.3 Å². The Hall–Kier alpha value is -3.60. The van der Waals surface area contributed by atoms with Crippen molar-refractivity contribution in [3.05, 3.63) is 53.6 Å². The second-order valence-electron chi connectivity index (χ2n) is 8.66. The molecule has 0 unspecified atom stereocenters. The minimum Gasteiger partial charge on any atom is -0.454 e. The highest BCUT2D eigenvalue weighted by atomic mass is 32.2. The van der Waals surface area contributed by atoms with Crippen molar-refractivity contribution in [1.29, 1.82) is 0 Å². The van der Waals surface area contributed by atoms with Crippen LogP contribution in [0, 0.1) is 5.92 Å². The number of sulfonamides is 1. The molecule has 1 N–H and O–H groups in total. The number of nitrogens with one attached hydrogen (secondary N) is 1. The van der Waals surface area contributed by atoms with Gasteiger partial charge < -0.3 is 24.4 Å². The third-order valence-corrected chi connectivity index (χ3v) is 7.56. The predicted molar refractivity (Wildman–Crippen MR) is 124 cm³/mol. The maximum absolute atomic E-state index is 12.8. The molecule has 0 spiro atoms. The first kappa shape index (κ1) is 23.2. The molecule has 0 aromatic heterocycles. The molecule has 11 heteroatoms. The first-order valence-electron chi connectivity index (χ1n) is 11.4. The van der Waals surface area contributed by atoms with Crippen LogP contribution in [0.25, 0.3) is 0 Å². The van der Waals surface area contributed by atoms with Gasteiger partial charge >= 0.3 is 5.97 Å². The van der Waals surface area contributed by atoms with E-state index in [-0.39, 0.29) is 24.8 Å². The number of likely N-dealkylation sites (tertiary alicyclic amines) is 1. The minimum absolute atomic E-state index is 0.173. The standard InChI is InChI=1S/C24H25N3O7S/c1-15(23(28)25-12-16-8-9-19-20(11-16)33-14-32-19)34-24(29)17-5-4-10-27(13-17)22-18-6-2-3-7-21(18)35(30,31)26-22/h2-3,6-9,11,15,17H,4-5,10,12-14H2,1H3,(H,25,28)/t15-,17+/m1/s1. The molecular weight excluding hydrogens is 474 g/mol. The largest absolute Gasteiger partial charge is 0.454 e. The Morgan fingerprint density at radius 2 is 2.00 bits per heavy atom. The first-order chi connectivity index (χ1) is 16.8. The zero-order chi connectivity index (χ0) is 24.6. The Bertz CT molecular complexity index is 1310. The number of esters is 1. The number of ether oxygens (including phenoxy) is 3. The summed E-state index contributed by atoms with van der Waals surface area (Å²) < 4.78 is 44.8. The van der Waals surface area contributed by atoms with Gasteiger partial charge in [-0.3, -0.25) is 9.59 Å². The van der Waals surface area contributed by atoms with Gasteiger partial charge in [-0.1, -0.05) is 18.2 Å². The summed E-state index contributed by atoms with van der Waals surface area (Å²) in [7, 11) is -3.74. The van der Waals surface area contributed by atoms with E-state index in [2.05, 4.69) is 9.71 Å². The lowest BCUT2D eigenvalue weighted by atomic mass is 9.97. The van der Waals surface area contributed by atoms with E-state index < -0.39 is 33.9 Å². The van der Waals surface area contributed by atoms with Crippen LogP contribution in [0.2, 0.25) is 0 Å². The Morgan fingerprint density at radius 3 is 2.86 bits per heavy atom. The number of carbonyl (C=O) groups excluding carboxylic acids is 2. The van der Waals surface area contributed by atoms with Gasteiger partial charge in [-0.05, 0) is 49.6 Å². The highest BCUT2D eigenvalue weighted by molar-refractivity contribution is 7.90. The molecule has 184 valence electrons. The fourth-order valence-electron chi connectivity index (χ4n) is 4.39. The number of benzene rings is 2. The fourth-order valence-corrected chi connectivity index (χ4v) is 5.61. The van der Waals surface area contributed by atoms with E-state index in [0.29, 0.717) is 42.3 Å². The van der Waals surface area contributed by atoms with Crippen molar-refractivity contribution in [1.82, 2.24) is 10.2 Å². The summed E-state index contributed by atoms with van der Waals surface area (Å²) in [6.45, 7) is 2.80. The molecule has 35 heavy (non-hydrogen) atoms. The molecule has 0 aliphatic carbocycles. The highest BCUT2D eigenvalue weighted by Crippen LogP contribution is 2.32. The molecule has 5 rings (SSSR count). The molecule has 1 saturated heterocycles. The number of nitrogens with zero attached hydrogens (tertiary/aromatic N) is 2. The molecule has 2 aromatic rings. The van der Waals surface area contributed by atoms with Crippen LogP contribution in [0.3, 0.4) is 0 Å². The normalized spacial score (nSPS) is 20.5. The van der Waals surface area contributed by atoms with Gasteiger partial charge in [-0.15, -0.1) is 4.40 Å². The number of hydrogen-bond donors (Lipinski definition) is 1. The van der Waals surface area contributed by atoms with Crippen LogP contribution < -0.4 is 14.8 Å². The lowest BCUT2D eigenvalue weighted by molar-refractivity contribution is -0.160. The molecule has 0 radical (unpaired) electrons. The molecule has 1 amide bonds. The van der Waals surface area contributed by atoms with Crippen molar-refractivity contribution in [2.24, 2.45) is 10.3 Å². The summed E-state index contributed by atoms with van der Waals surface area (Å²) in [5.41, 5.74) is 1.37. The molecule has 0 saturated carbocycles. The third kappa shape index (κ3) is 4.68. The second kappa shape index (κ2) is 9.21. The van der Waals surface area contributed by atoms with Gasteiger partial charge in [0.25, 0.3) is 15.9 Å². The highest BCUT2D eigenvalue weighted by Gasteiger charge is 2.36. The summed E-state index contributed by atoms with van der Waals surface area (Å²) in [6.07, 6.45) is 0.283. The van der Waals surface area contributed by atoms with Crippen molar-refractivity contribution < 1.29 is 32.2 Å². The molecule has 0 bridgehead atoms. The fraction of sp³-hybridized carbons (Fsp3) is 0.375. The Balaban J connectivity index is 1.17. The van der Waals surface area contributed by atoms with Crippen LogP contribution in [0.5, 0.6) is 11.5 Å². The van der Waals surface area contributed by atoms with Crippen LogP contribution in [0.1, 0.15) is 30.9 Å². The van der Waals surface area contributed by atoms with Crippen LogP contribution in [-0.2, 0) is 30.9 Å². The number of amidine groups is 1. The quantitative estimate of drug-likeness (QED) is 0.618. The SMILES string of the molecule is C[C@@H](OC(=O)[C@H]1CCCN(C2=NS(=O)(=O)c3ccccc32)C1)C(=O)NCc1ccc2c(c1)OCO2. The maximum Gasteiger partial charge on any atom is 0.311 e. The van der Waals surface area contributed by atoms with Crippen molar-refractivity contribution in [3.8, 4) is 11.5 Å². The molecule has 2 atom stereocenters. The van der Waals surface area contributed by atoms with Gasteiger partial charge in [0.15, 0.2) is 23.4 Å². The number of amides is 1. The summed E-state index contributed by atoms with van der Waals surface area (Å²) in [5.74, 6) is 0.242. The average molecular weight is 500 g/mol. The number of carbonyl (C=O) groups is 2. The maximum atomic E-state index is 12.8. The van der Waals surface area contributed by atoms with E-state index in [4.69, 9.17) is 14.2 Å². The lowest BCUT2D eigenvalue weighted by Gasteiger charge is -2.33. The van der Waals surface area contributed by atoms with Crippen LogP contribution in [-0.4, -0.2) is 57.0 Å². The van der Waals surface area contributed by atoms with Gasteiger partial charge in [0.05, 0.1) is 5.92 Å². The summed E-state index contributed by atoms with van der Waals surface area (Å²) >= 11 is 0. The molecule has 3 aliphatic rings. The number of piperidine rings is 1. The van der Waals surface area contributed by atoms with E-state index in [1.54, 1.807) is 30.3 Å². The predicted octanol–water partition coefficient (Wildman–Crippen LogP) is 1.82. The van der Waals surface area contributed by atoms with Crippen LogP contribution in [0.4, 0.5) is 0 Å². The van der Waals surface area contributed by atoms with Gasteiger partial charge in [0.2, 0.25) is 6.79 Å². The van der Waals surface area contributed by atoms with E-state index >= 15 is 0 Å². The van der Waals surface area contributed by atoms with Crippen molar-refractivity contribution in [2.75, 3.05) is 19.9 Å².